The number of halogens is 1. The predicted molar refractivity (Wildman–Crippen MR) is 75.3 cm³/mol. The van der Waals surface area contributed by atoms with Gasteiger partial charge in [-0.05, 0) is 24.2 Å². The zero-order valence-corrected chi connectivity index (χ0v) is 12.2. The Kier molecular flexibility index (Phi) is 10.6. The fourth-order valence-corrected chi connectivity index (χ4v) is 1.07. The van der Waals surface area contributed by atoms with Crippen molar-refractivity contribution in [3.05, 3.63) is 42.7 Å². The Morgan fingerprint density at radius 2 is 2.33 bits per heavy atom. The van der Waals surface area contributed by atoms with E-state index in [4.69, 9.17) is 12.6 Å². The molecule has 7 heteroatoms. The molecule has 0 saturated carbocycles. The van der Waals surface area contributed by atoms with E-state index >= 15 is 0 Å². The van der Waals surface area contributed by atoms with Crippen LogP contribution in [-0.2, 0) is 27.7 Å². The van der Waals surface area contributed by atoms with Gasteiger partial charge in [-0.3, -0.25) is 15.4 Å². The van der Waals surface area contributed by atoms with Crippen LogP contribution in [0, 0.1) is 0 Å². The van der Waals surface area contributed by atoms with Gasteiger partial charge in [0.2, 0.25) is 0 Å². The second-order valence-electron chi connectivity index (χ2n) is 2.96. The van der Waals surface area contributed by atoms with Crippen molar-refractivity contribution in [2.45, 2.75) is 6.92 Å². The average Bonchev–Trinajstić information content (AvgIpc) is 2.45. The van der Waals surface area contributed by atoms with Crippen molar-refractivity contribution < 1.29 is 15.1 Å². The van der Waals surface area contributed by atoms with Crippen LogP contribution in [0.25, 0.3) is 0 Å². The fraction of sp³-hybridized carbons (Fsp3) is 0.182. The first-order valence-corrected chi connectivity index (χ1v) is 6.60. The normalized spacial score (nSPS) is 11.3. The van der Waals surface area contributed by atoms with E-state index in [-0.39, 0.29) is 0 Å². The molecule has 0 saturated heterocycles. The van der Waals surface area contributed by atoms with Gasteiger partial charge in [0, 0.05) is 6.20 Å². The second kappa shape index (κ2) is 11.2. The fourth-order valence-electron chi connectivity index (χ4n) is 0.949. The molecule has 0 aliphatic carbocycles. The van der Waals surface area contributed by atoms with E-state index in [1.807, 2.05) is 25.1 Å². The van der Waals surface area contributed by atoms with Crippen molar-refractivity contribution in [2.75, 3.05) is 6.54 Å². The van der Waals surface area contributed by atoms with Gasteiger partial charge in [-0.15, -0.1) is 6.58 Å². The summed E-state index contributed by atoms with van der Waals surface area (Å²) in [7, 11) is 4.20. The molecule has 0 atom stereocenters. The Bertz CT molecular complexity index is 409. The number of nitrogens with one attached hydrogen (secondary N) is 1. The molecular formula is C11H13ClCuN4S. The number of aromatic nitrogens is 1. The molecule has 1 aromatic heterocycles. The van der Waals surface area contributed by atoms with Crippen molar-refractivity contribution in [3.8, 4) is 0 Å². The average molecular weight is 332 g/mol. The Morgan fingerprint density at radius 3 is 2.89 bits per heavy atom. The van der Waals surface area contributed by atoms with Gasteiger partial charge < -0.3 is 12.6 Å². The molecule has 0 bridgehead atoms. The maximum absolute atomic E-state index is 4.93. The summed E-state index contributed by atoms with van der Waals surface area (Å²) in [4.78, 5) is 8.14. The van der Waals surface area contributed by atoms with Gasteiger partial charge in [-0.25, -0.2) is 0 Å². The van der Waals surface area contributed by atoms with Crippen molar-refractivity contribution in [2.24, 2.45) is 10.1 Å². The number of hydrogen-bond acceptors (Lipinski definition) is 4. The van der Waals surface area contributed by atoms with E-state index in [0.29, 0.717) is 11.7 Å². The topological polar surface area (TPSA) is 49.6 Å². The van der Waals surface area contributed by atoms with Gasteiger partial charge in [0.15, 0.2) is 0 Å². The van der Waals surface area contributed by atoms with E-state index in [0.717, 1.165) is 11.4 Å². The van der Waals surface area contributed by atoms with Gasteiger partial charge in [0.25, 0.3) is 0 Å². The van der Waals surface area contributed by atoms with E-state index < -0.39 is 0 Å². The van der Waals surface area contributed by atoms with Crippen LogP contribution >= 0.6 is 10.1 Å². The minimum atomic E-state index is 0.343. The molecule has 101 valence electrons. The quantitative estimate of drug-likeness (QED) is 0.230. The standard InChI is InChI=1S/C11H14N4S.ClH.Cu/c1-3-7-13-11(16)15-14-9(2)10-6-4-5-8-12-10;;/h3-6,8H,1,7H2,2H3,(H2,13,15,16);1H;/q;;+2/p-2/b14-9+;;. The van der Waals surface area contributed by atoms with Gasteiger partial charge >= 0.3 is 25.2 Å². The third-order valence-corrected chi connectivity index (χ3v) is 1.94. The molecule has 4 nitrogen and oxygen atoms in total. The summed E-state index contributed by atoms with van der Waals surface area (Å²) in [6.45, 7) is 5.89. The number of rotatable bonds is 4. The van der Waals surface area contributed by atoms with Crippen LogP contribution in [-0.4, -0.2) is 22.4 Å². The van der Waals surface area contributed by atoms with Gasteiger partial charge in [-0.1, -0.05) is 12.1 Å². The molecule has 1 aromatic rings. The van der Waals surface area contributed by atoms with E-state index in [2.05, 4.69) is 52.3 Å². The van der Waals surface area contributed by atoms with Crippen LogP contribution in [0.4, 0.5) is 0 Å². The van der Waals surface area contributed by atoms with Crippen LogP contribution in [0.1, 0.15) is 12.6 Å². The molecule has 1 N–H and O–H groups in total. The predicted octanol–water partition coefficient (Wildman–Crippen LogP) is 2.17. The Morgan fingerprint density at radius 1 is 1.61 bits per heavy atom. The summed E-state index contributed by atoms with van der Waals surface area (Å²) in [5.74, 6) is 0. The molecule has 0 unspecified atom stereocenters. The number of nitrogens with zero attached hydrogens (tertiary/aromatic N) is 3. The first-order valence-electron chi connectivity index (χ1n) is 4.89. The Labute approximate surface area is 125 Å². The van der Waals surface area contributed by atoms with Gasteiger partial charge in [0.1, 0.15) is 0 Å². The SMILES string of the molecule is C=CCN=C([S-])N/N=C(\C)c1ccccn1.[Cl][Cu+]. The summed E-state index contributed by atoms with van der Waals surface area (Å²) in [5, 5.41) is 4.42. The maximum atomic E-state index is 4.93. The van der Waals surface area contributed by atoms with Gasteiger partial charge in [0.05, 0.1) is 18.0 Å². The van der Waals surface area contributed by atoms with E-state index in [9.17, 15) is 0 Å². The molecule has 1 heterocycles. The number of pyridine rings is 1. The molecule has 0 aromatic carbocycles. The van der Waals surface area contributed by atoms with Crippen molar-refractivity contribution in [3.63, 3.8) is 0 Å². The number of hydrazone groups is 1. The van der Waals surface area contributed by atoms with Crippen molar-refractivity contribution in [1.82, 2.24) is 10.4 Å². The molecule has 0 spiro atoms. The summed E-state index contributed by atoms with van der Waals surface area (Å²) < 4.78 is 0. The van der Waals surface area contributed by atoms with Crippen molar-refractivity contribution in [1.29, 1.82) is 0 Å². The van der Waals surface area contributed by atoms with Crippen LogP contribution < -0.4 is 5.43 Å². The number of aliphatic imine (C=N–C) groups is 1. The minimum absolute atomic E-state index is 0.343. The third-order valence-electron chi connectivity index (χ3n) is 1.72. The molecule has 18 heavy (non-hydrogen) atoms. The first kappa shape index (κ1) is 17.1. The Balaban J connectivity index is 0.00000137. The van der Waals surface area contributed by atoms with Crippen LogP contribution in [0.5, 0.6) is 0 Å². The summed E-state index contributed by atoms with van der Waals surface area (Å²) in [6, 6.07) is 5.64. The summed E-state index contributed by atoms with van der Waals surface area (Å²) in [6.07, 6.45) is 3.39. The first-order chi connectivity index (χ1) is 8.74. The van der Waals surface area contributed by atoms with Crippen molar-refractivity contribution >= 4 is 33.6 Å². The van der Waals surface area contributed by atoms with E-state index in [1.165, 1.54) is 0 Å². The van der Waals surface area contributed by atoms with Crippen LogP contribution in [0.2, 0.25) is 0 Å². The number of amidine groups is 1. The van der Waals surface area contributed by atoms with Crippen LogP contribution in [0.3, 0.4) is 0 Å². The molecule has 0 aliphatic heterocycles. The molecule has 0 fully saturated rings. The molecule has 0 amide bonds. The molecular weight excluding hydrogens is 319 g/mol. The van der Waals surface area contributed by atoms with Gasteiger partial charge in [-0.2, -0.15) is 5.10 Å². The molecule has 0 radical (unpaired) electrons. The number of hydrogen-bond donors (Lipinski definition) is 1. The monoisotopic (exact) mass is 331 g/mol. The Hall–Kier alpha value is -0.941. The zero-order chi connectivity index (χ0) is 13.8. The third kappa shape index (κ3) is 7.40. The molecule has 0 aliphatic rings. The summed E-state index contributed by atoms with van der Waals surface area (Å²) >= 11 is 8.59. The molecule has 1 rings (SSSR count). The zero-order valence-electron chi connectivity index (χ0n) is 9.73. The summed E-state index contributed by atoms with van der Waals surface area (Å²) in [5.41, 5.74) is 4.25. The van der Waals surface area contributed by atoms with Crippen LogP contribution in [0.15, 0.2) is 47.1 Å². The second-order valence-corrected chi connectivity index (χ2v) is 3.35. The van der Waals surface area contributed by atoms with E-state index in [1.54, 1.807) is 12.3 Å².